The van der Waals surface area contributed by atoms with Crippen molar-refractivity contribution < 1.29 is 13.2 Å². The van der Waals surface area contributed by atoms with Crippen LogP contribution in [0.2, 0.25) is 0 Å². The lowest BCUT2D eigenvalue weighted by Gasteiger charge is -2.23. The molecule has 96 valence electrons. The molecular weight excluding hydrogens is 251 g/mol. The van der Waals surface area contributed by atoms with Gasteiger partial charge in [0.15, 0.2) is 0 Å². The highest BCUT2D eigenvalue weighted by Crippen LogP contribution is 2.32. The van der Waals surface area contributed by atoms with Gasteiger partial charge in [0.2, 0.25) is 0 Å². The van der Waals surface area contributed by atoms with Crippen molar-refractivity contribution in [3.8, 4) is 0 Å². The van der Waals surface area contributed by atoms with Gasteiger partial charge in [-0.1, -0.05) is 18.2 Å². The molecule has 0 spiro atoms. The molecule has 1 heterocycles. The summed E-state index contributed by atoms with van der Waals surface area (Å²) in [4.78, 5) is 0. The van der Waals surface area contributed by atoms with E-state index >= 15 is 0 Å². The Balaban J connectivity index is 0.00000144. The predicted molar refractivity (Wildman–Crippen MR) is 63.5 cm³/mol. The first-order valence-electron chi connectivity index (χ1n) is 5.45. The SMILES string of the molecule is Cl.FC(F)(F)c1cccc([C@@H]2CCCNC2)c1. The molecule has 0 amide bonds. The first kappa shape index (κ1) is 14.3. The van der Waals surface area contributed by atoms with Gasteiger partial charge < -0.3 is 5.32 Å². The van der Waals surface area contributed by atoms with Crippen LogP contribution in [-0.4, -0.2) is 13.1 Å². The van der Waals surface area contributed by atoms with Gasteiger partial charge in [0, 0.05) is 6.54 Å². The summed E-state index contributed by atoms with van der Waals surface area (Å²) < 4.78 is 37.6. The van der Waals surface area contributed by atoms with Crippen LogP contribution >= 0.6 is 12.4 Å². The summed E-state index contributed by atoms with van der Waals surface area (Å²) in [5.41, 5.74) is 0.248. The fourth-order valence-corrected chi connectivity index (χ4v) is 2.11. The molecule has 17 heavy (non-hydrogen) atoms. The highest BCUT2D eigenvalue weighted by molar-refractivity contribution is 5.85. The zero-order valence-corrected chi connectivity index (χ0v) is 10.1. The van der Waals surface area contributed by atoms with Crippen LogP contribution in [0, 0.1) is 0 Å². The molecule has 0 aromatic heterocycles. The van der Waals surface area contributed by atoms with E-state index in [0.717, 1.165) is 37.6 Å². The Kier molecular flexibility index (Phi) is 4.83. The van der Waals surface area contributed by atoms with E-state index in [0.29, 0.717) is 0 Å². The van der Waals surface area contributed by atoms with E-state index in [4.69, 9.17) is 0 Å². The molecule has 2 rings (SSSR count). The molecule has 1 fully saturated rings. The van der Waals surface area contributed by atoms with Crippen LogP contribution in [0.15, 0.2) is 24.3 Å². The second-order valence-corrected chi connectivity index (χ2v) is 4.17. The summed E-state index contributed by atoms with van der Waals surface area (Å²) in [6, 6.07) is 5.68. The Bertz CT molecular complexity index is 359. The van der Waals surface area contributed by atoms with Gasteiger partial charge in [-0.05, 0) is 36.9 Å². The molecule has 1 N–H and O–H groups in total. The normalized spacial score (nSPS) is 20.8. The number of hydrogen-bond donors (Lipinski definition) is 1. The summed E-state index contributed by atoms with van der Waals surface area (Å²) in [6.45, 7) is 1.75. The lowest BCUT2D eigenvalue weighted by molar-refractivity contribution is -0.137. The van der Waals surface area contributed by atoms with E-state index in [1.807, 2.05) is 0 Å². The zero-order valence-electron chi connectivity index (χ0n) is 9.26. The van der Waals surface area contributed by atoms with Crippen LogP contribution in [0.4, 0.5) is 13.2 Å². The van der Waals surface area contributed by atoms with Crippen molar-refractivity contribution in [3.63, 3.8) is 0 Å². The molecular formula is C12H15ClF3N. The smallest absolute Gasteiger partial charge is 0.316 e. The molecule has 0 radical (unpaired) electrons. The van der Waals surface area contributed by atoms with Crippen molar-refractivity contribution in [3.05, 3.63) is 35.4 Å². The zero-order chi connectivity index (χ0) is 11.6. The summed E-state index contributed by atoms with van der Waals surface area (Å²) in [7, 11) is 0. The number of rotatable bonds is 1. The van der Waals surface area contributed by atoms with E-state index in [1.54, 1.807) is 6.07 Å². The lowest BCUT2D eigenvalue weighted by atomic mass is 9.91. The number of halogens is 4. The van der Waals surface area contributed by atoms with Gasteiger partial charge in [-0.2, -0.15) is 13.2 Å². The van der Waals surface area contributed by atoms with Gasteiger partial charge >= 0.3 is 6.18 Å². The first-order chi connectivity index (χ1) is 7.57. The largest absolute Gasteiger partial charge is 0.416 e. The van der Waals surface area contributed by atoms with Crippen LogP contribution in [0.5, 0.6) is 0 Å². The van der Waals surface area contributed by atoms with Crippen LogP contribution in [-0.2, 0) is 6.18 Å². The molecule has 1 aliphatic rings. The Hall–Kier alpha value is -0.740. The van der Waals surface area contributed by atoms with E-state index in [-0.39, 0.29) is 18.3 Å². The third kappa shape index (κ3) is 3.61. The van der Waals surface area contributed by atoms with Crippen molar-refractivity contribution in [2.45, 2.75) is 24.9 Å². The van der Waals surface area contributed by atoms with Gasteiger partial charge in [0.25, 0.3) is 0 Å². The van der Waals surface area contributed by atoms with Crippen molar-refractivity contribution in [1.82, 2.24) is 5.32 Å². The summed E-state index contributed by atoms with van der Waals surface area (Å²) in [5.74, 6) is 0.219. The molecule has 1 atom stereocenters. The Morgan fingerprint density at radius 1 is 1.24 bits per heavy atom. The summed E-state index contributed by atoms with van der Waals surface area (Å²) in [5, 5.41) is 3.21. The maximum absolute atomic E-state index is 12.5. The maximum Gasteiger partial charge on any atom is 0.416 e. The molecule has 0 saturated carbocycles. The fraction of sp³-hybridized carbons (Fsp3) is 0.500. The summed E-state index contributed by atoms with van der Waals surface area (Å²) in [6.07, 6.45) is -2.24. The van der Waals surface area contributed by atoms with Crippen LogP contribution in [0.1, 0.15) is 29.9 Å². The molecule has 1 nitrogen and oxygen atoms in total. The number of benzene rings is 1. The van der Waals surface area contributed by atoms with Crippen LogP contribution in [0.3, 0.4) is 0 Å². The highest BCUT2D eigenvalue weighted by Gasteiger charge is 2.31. The van der Waals surface area contributed by atoms with Gasteiger partial charge in [0.05, 0.1) is 5.56 Å². The minimum absolute atomic E-state index is 0. The van der Waals surface area contributed by atoms with Gasteiger partial charge in [-0.3, -0.25) is 0 Å². The van der Waals surface area contributed by atoms with Gasteiger partial charge in [-0.25, -0.2) is 0 Å². The van der Waals surface area contributed by atoms with E-state index in [2.05, 4.69) is 5.32 Å². The molecule has 0 aliphatic carbocycles. The van der Waals surface area contributed by atoms with Crippen molar-refractivity contribution >= 4 is 12.4 Å². The Morgan fingerprint density at radius 2 is 2.00 bits per heavy atom. The fourth-order valence-electron chi connectivity index (χ4n) is 2.11. The van der Waals surface area contributed by atoms with E-state index in [9.17, 15) is 13.2 Å². The standard InChI is InChI=1S/C12H14F3N.ClH/c13-12(14,15)11-5-1-3-9(7-11)10-4-2-6-16-8-10;/h1,3,5,7,10,16H,2,4,6,8H2;1H/t10-;/m1./s1. The summed E-state index contributed by atoms with van der Waals surface area (Å²) >= 11 is 0. The van der Waals surface area contributed by atoms with Crippen LogP contribution < -0.4 is 5.32 Å². The highest BCUT2D eigenvalue weighted by atomic mass is 35.5. The van der Waals surface area contributed by atoms with Crippen molar-refractivity contribution in [2.75, 3.05) is 13.1 Å². The second kappa shape index (κ2) is 5.74. The lowest BCUT2D eigenvalue weighted by Crippen LogP contribution is -2.28. The average molecular weight is 266 g/mol. The molecule has 0 unspecified atom stereocenters. The molecule has 5 heteroatoms. The molecule has 1 saturated heterocycles. The monoisotopic (exact) mass is 265 g/mol. The minimum Gasteiger partial charge on any atom is -0.316 e. The van der Waals surface area contributed by atoms with Crippen molar-refractivity contribution in [1.29, 1.82) is 0 Å². The molecule has 1 aliphatic heterocycles. The Morgan fingerprint density at radius 3 is 2.59 bits per heavy atom. The number of nitrogens with one attached hydrogen (secondary N) is 1. The maximum atomic E-state index is 12.5. The third-order valence-corrected chi connectivity index (χ3v) is 2.98. The Labute approximate surface area is 105 Å². The third-order valence-electron chi connectivity index (χ3n) is 2.98. The van der Waals surface area contributed by atoms with Crippen molar-refractivity contribution in [2.24, 2.45) is 0 Å². The minimum atomic E-state index is -4.24. The number of alkyl halides is 3. The molecule has 0 bridgehead atoms. The predicted octanol–water partition coefficient (Wildman–Crippen LogP) is 3.59. The number of hydrogen-bond acceptors (Lipinski definition) is 1. The first-order valence-corrected chi connectivity index (χ1v) is 5.45. The van der Waals surface area contributed by atoms with E-state index < -0.39 is 11.7 Å². The number of piperidine rings is 1. The second-order valence-electron chi connectivity index (χ2n) is 4.17. The molecule has 1 aromatic rings. The van der Waals surface area contributed by atoms with Crippen LogP contribution in [0.25, 0.3) is 0 Å². The average Bonchev–Trinajstić information content (AvgIpc) is 2.29. The van der Waals surface area contributed by atoms with Gasteiger partial charge in [0.1, 0.15) is 0 Å². The molecule has 1 aromatic carbocycles. The topological polar surface area (TPSA) is 12.0 Å². The van der Waals surface area contributed by atoms with Gasteiger partial charge in [-0.15, -0.1) is 12.4 Å². The van der Waals surface area contributed by atoms with E-state index in [1.165, 1.54) is 12.1 Å². The quantitative estimate of drug-likeness (QED) is 0.818.